The van der Waals surface area contributed by atoms with Crippen molar-refractivity contribution in [2.24, 2.45) is 0 Å². The fraction of sp³-hybridized carbons (Fsp3) is 0.118. The van der Waals surface area contributed by atoms with E-state index in [1.54, 1.807) is 0 Å². The molecule has 0 saturated heterocycles. The highest BCUT2D eigenvalue weighted by Gasteiger charge is 2.21. The fourth-order valence-corrected chi connectivity index (χ4v) is 5.03. The topological polar surface area (TPSA) is 118 Å². The van der Waals surface area contributed by atoms with Gasteiger partial charge in [-0.25, -0.2) is 9.97 Å². The molecule has 42 heavy (non-hydrogen) atoms. The van der Waals surface area contributed by atoms with E-state index in [1.165, 1.54) is 0 Å². The summed E-state index contributed by atoms with van der Waals surface area (Å²) in [6.07, 6.45) is 0. The Morgan fingerprint density at radius 1 is 0.548 bits per heavy atom. The van der Waals surface area contributed by atoms with Gasteiger partial charge in [-0.3, -0.25) is 0 Å². The highest BCUT2D eigenvalue weighted by molar-refractivity contribution is 5.99. The van der Waals surface area contributed by atoms with Crippen LogP contribution in [0.15, 0.2) is 84.9 Å². The summed E-state index contributed by atoms with van der Waals surface area (Å²) in [6, 6.07) is 31.4. The molecule has 2 aromatic carbocycles. The Labute approximate surface area is 242 Å². The molecule has 202 valence electrons. The lowest BCUT2D eigenvalue weighted by Gasteiger charge is -2.14. The van der Waals surface area contributed by atoms with E-state index in [9.17, 15) is 10.5 Å². The molecule has 0 bridgehead atoms. The minimum absolute atomic E-state index is 0.238. The average molecular weight is 549 g/mol. The van der Waals surface area contributed by atoms with Gasteiger partial charge in [-0.05, 0) is 49.2 Å². The number of rotatable bonds is 7. The molecule has 6 aromatic rings. The second kappa shape index (κ2) is 11.3. The molecular formula is C34H24N6O2. The molecule has 4 heterocycles. The summed E-state index contributed by atoms with van der Waals surface area (Å²) in [7, 11) is 0. The van der Waals surface area contributed by atoms with E-state index >= 15 is 0 Å². The second-order valence-corrected chi connectivity index (χ2v) is 9.29. The Morgan fingerprint density at radius 2 is 0.952 bits per heavy atom. The van der Waals surface area contributed by atoms with Crippen molar-refractivity contribution in [1.29, 1.82) is 10.5 Å². The zero-order valence-corrected chi connectivity index (χ0v) is 23.0. The summed E-state index contributed by atoms with van der Waals surface area (Å²) in [6.45, 7) is 4.41. The van der Waals surface area contributed by atoms with Crippen LogP contribution in [0, 0.1) is 22.7 Å². The molecule has 0 aliphatic carbocycles. The Bertz CT molecular complexity index is 1880. The van der Waals surface area contributed by atoms with Crippen molar-refractivity contribution in [2.75, 3.05) is 13.2 Å². The molecule has 4 aromatic heterocycles. The van der Waals surface area contributed by atoms with Crippen LogP contribution in [0.25, 0.3) is 55.7 Å². The van der Waals surface area contributed by atoms with E-state index in [0.717, 1.165) is 33.0 Å². The number of hydrogen-bond acceptors (Lipinski definition) is 8. The number of fused-ring (bicyclic) bond motifs is 2. The average Bonchev–Trinajstić information content (AvgIpc) is 3.04. The van der Waals surface area contributed by atoms with Gasteiger partial charge < -0.3 is 9.47 Å². The van der Waals surface area contributed by atoms with Crippen molar-refractivity contribution in [1.82, 2.24) is 19.9 Å². The van der Waals surface area contributed by atoms with Gasteiger partial charge in [0.25, 0.3) is 0 Å². The first-order chi connectivity index (χ1) is 20.7. The van der Waals surface area contributed by atoms with Crippen LogP contribution in [-0.4, -0.2) is 33.1 Å². The number of benzene rings is 2. The van der Waals surface area contributed by atoms with Crippen LogP contribution in [0.1, 0.15) is 25.0 Å². The van der Waals surface area contributed by atoms with E-state index in [0.29, 0.717) is 47.0 Å². The van der Waals surface area contributed by atoms with Crippen molar-refractivity contribution < 1.29 is 9.47 Å². The lowest BCUT2D eigenvalue weighted by molar-refractivity contribution is 0.327. The summed E-state index contributed by atoms with van der Waals surface area (Å²) < 4.78 is 11.6. The van der Waals surface area contributed by atoms with E-state index in [1.807, 2.05) is 98.8 Å². The summed E-state index contributed by atoms with van der Waals surface area (Å²) in [4.78, 5) is 19.0. The molecule has 0 unspecified atom stereocenters. The van der Waals surface area contributed by atoms with Crippen LogP contribution in [-0.2, 0) is 0 Å². The van der Waals surface area contributed by atoms with Crippen LogP contribution in [0.3, 0.4) is 0 Å². The van der Waals surface area contributed by atoms with Crippen LogP contribution in [0.2, 0.25) is 0 Å². The zero-order valence-electron chi connectivity index (χ0n) is 23.0. The van der Waals surface area contributed by atoms with Crippen molar-refractivity contribution in [3.05, 3.63) is 96.1 Å². The lowest BCUT2D eigenvalue weighted by Crippen LogP contribution is -2.03. The third-order valence-electron chi connectivity index (χ3n) is 6.80. The molecule has 8 nitrogen and oxygen atoms in total. The zero-order chi connectivity index (χ0) is 29.1. The maximum atomic E-state index is 10.0. The maximum Gasteiger partial charge on any atom is 0.234 e. The molecule has 0 aliphatic heterocycles. The molecular weight excluding hydrogens is 524 g/mol. The first-order valence-electron chi connectivity index (χ1n) is 13.5. The van der Waals surface area contributed by atoms with E-state index in [2.05, 4.69) is 22.1 Å². The van der Waals surface area contributed by atoms with E-state index in [-0.39, 0.29) is 11.8 Å². The van der Waals surface area contributed by atoms with Crippen molar-refractivity contribution in [2.45, 2.75) is 13.8 Å². The number of pyridine rings is 4. The fourth-order valence-electron chi connectivity index (χ4n) is 5.03. The quantitative estimate of drug-likeness (QED) is 0.207. The van der Waals surface area contributed by atoms with E-state index in [4.69, 9.17) is 19.4 Å². The maximum absolute atomic E-state index is 10.0. The number of nitrogens with zero attached hydrogens (tertiary/aromatic N) is 6. The Kier molecular flexibility index (Phi) is 7.11. The second-order valence-electron chi connectivity index (χ2n) is 9.29. The van der Waals surface area contributed by atoms with Gasteiger partial charge in [0.1, 0.15) is 23.3 Å². The minimum atomic E-state index is 0.238. The number of ether oxygens (including phenoxy) is 2. The highest BCUT2D eigenvalue weighted by Crippen LogP contribution is 2.38. The van der Waals surface area contributed by atoms with Crippen molar-refractivity contribution >= 4 is 22.1 Å². The van der Waals surface area contributed by atoms with Gasteiger partial charge >= 0.3 is 0 Å². The molecule has 0 aliphatic rings. The van der Waals surface area contributed by atoms with Gasteiger partial charge in [0.2, 0.25) is 11.8 Å². The van der Waals surface area contributed by atoms with Gasteiger partial charge in [-0.2, -0.15) is 20.5 Å². The summed E-state index contributed by atoms with van der Waals surface area (Å²) in [5.74, 6) is 0.476. The molecule has 0 fully saturated rings. The number of nitriles is 2. The monoisotopic (exact) mass is 548 g/mol. The normalized spacial score (nSPS) is 10.8. The molecule has 0 N–H and O–H groups in total. The summed E-state index contributed by atoms with van der Waals surface area (Å²) in [5.41, 5.74) is 5.93. The molecule has 6 rings (SSSR count). The molecule has 8 heteroatoms. The molecule has 0 radical (unpaired) electrons. The molecule has 0 saturated carbocycles. The number of hydrogen-bond donors (Lipinski definition) is 0. The van der Waals surface area contributed by atoms with Crippen LogP contribution in [0.4, 0.5) is 0 Å². The van der Waals surface area contributed by atoms with Gasteiger partial charge in [0.15, 0.2) is 11.3 Å². The highest BCUT2D eigenvalue weighted by atomic mass is 16.5. The summed E-state index contributed by atoms with van der Waals surface area (Å²) in [5, 5.41) is 21.5. The van der Waals surface area contributed by atoms with Gasteiger partial charge in [-0.15, -0.1) is 0 Å². The van der Waals surface area contributed by atoms with Crippen molar-refractivity contribution in [3.8, 4) is 57.5 Å². The largest absolute Gasteiger partial charge is 0.477 e. The molecule has 0 spiro atoms. The van der Waals surface area contributed by atoms with Crippen LogP contribution >= 0.6 is 0 Å². The third-order valence-corrected chi connectivity index (χ3v) is 6.80. The van der Waals surface area contributed by atoms with E-state index < -0.39 is 0 Å². The predicted molar refractivity (Wildman–Crippen MR) is 161 cm³/mol. The molecule has 0 atom stereocenters. The first-order valence-corrected chi connectivity index (χ1v) is 13.5. The predicted octanol–water partition coefficient (Wildman–Crippen LogP) is 7.11. The Balaban J connectivity index is 1.57. The smallest absolute Gasteiger partial charge is 0.234 e. The summed E-state index contributed by atoms with van der Waals surface area (Å²) >= 11 is 0. The SMILES string of the molecule is CCOc1nc2nc(-c3ccc4c(-c5ccccc5)c(C#N)c(OCC)nc4n3)ccc2c(-c2ccccc2)c1C#N. The Hall–Kier alpha value is -5.86. The third kappa shape index (κ3) is 4.61. The standard InChI is InChI=1S/C34H24N6O2/c1-3-41-33-25(19-35)29(21-11-7-5-8-12-21)23-15-17-27(37-31(23)39-33)28-18-16-24-30(22-13-9-6-10-14-22)26(20-36)34(42-4-2)40-32(24)38-28/h5-18H,3-4H2,1-2H3. The lowest BCUT2D eigenvalue weighted by atomic mass is 9.97. The Morgan fingerprint density at radius 3 is 1.31 bits per heavy atom. The van der Waals surface area contributed by atoms with Crippen LogP contribution in [0.5, 0.6) is 11.8 Å². The number of aromatic nitrogens is 4. The minimum Gasteiger partial charge on any atom is -0.477 e. The van der Waals surface area contributed by atoms with Gasteiger partial charge in [-0.1, -0.05) is 60.7 Å². The first kappa shape index (κ1) is 26.4. The van der Waals surface area contributed by atoms with Gasteiger partial charge in [0, 0.05) is 21.9 Å². The molecule has 0 amide bonds. The van der Waals surface area contributed by atoms with Crippen molar-refractivity contribution in [3.63, 3.8) is 0 Å². The van der Waals surface area contributed by atoms with Crippen LogP contribution < -0.4 is 9.47 Å². The van der Waals surface area contributed by atoms with Gasteiger partial charge in [0.05, 0.1) is 24.6 Å².